The van der Waals surface area contributed by atoms with Crippen LogP contribution in [-0.2, 0) is 10.3 Å². The third-order valence-corrected chi connectivity index (χ3v) is 3.86. The van der Waals surface area contributed by atoms with Crippen LogP contribution in [-0.4, -0.2) is 19.9 Å². The summed E-state index contributed by atoms with van der Waals surface area (Å²) in [5, 5.41) is 0. The Kier molecular flexibility index (Phi) is 2.45. The van der Waals surface area contributed by atoms with Crippen molar-refractivity contribution in [2.24, 2.45) is 4.99 Å². The lowest BCUT2D eigenvalue weighted by molar-refractivity contribution is 0.246. The summed E-state index contributed by atoms with van der Waals surface area (Å²) in [4.78, 5) is 4.13. The van der Waals surface area contributed by atoms with Gasteiger partial charge in [-0.2, -0.15) is 0 Å². The Bertz CT molecular complexity index is 759. The topological polar surface area (TPSA) is 40.0 Å². The van der Waals surface area contributed by atoms with E-state index in [-0.39, 0.29) is 6.61 Å². The van der Waals surface area contributed by atoms with Crippen LogP contribution < -0.4 is 9.47 Å². The lowest BCUT2D eigenvalue weighted by Gasteiger charge is -2.33. The first kappa shape index (κ1) is 12.2. The Hall–Kier alpha value is -2.56. The molecule has 0 aromatic heterocycles. The summed E-state index contributed by atoms with van der Waals surface area (Å²) in [5.41, 5.74) is 0.620. The Morgan fingerprint density at radius 1 is 1.14 bits per heavy atom. The second-order valence-corrected chi connectivity index (χ2v) is 4.97. The predicted octanol–water partition coefficient (Wildman–Crippen LogP) is 3.40. The van der Waals surface area contributed by atoms with Gasteiger partial charge >= 0.3 is 6.15 Å². The number of aliphatic imine (C=N–C) groups is 1. The summed E-state index contributed by atoms with van der Waals surface area (Å²) in [6.07, 6.45) is -0.805. The van der Waals surface area contributed by atoms with Gasteiger partial charge in [-0.3, -0.25) is 0 Å². The van der Waals surface area contributed by atoms with Crippen LogP contribution >= 0.6 is 0 Å². The highest BCUT2D eigenvalue weighted by molar-refractivity contribution is 5.72. The van der Waals surface area contributed by atoms with E-state index in [1.54, 1.807) is 19.2 Å². The average molecular weight is 285 g/mol. The monoisotopic (exact) mass is 285 g/mol. The summed E-state index contributed by atoms with van der Waals surface area (Å²) < 4.78 is 29.8. The van der Waals surface area contributed by atoms with Crippen molar-refractivity contribution < 1.29 is 18.6 Å². The largest absolute Gasteiger partial charge is 0.497 e. The first-order valence-corrected chi connectivity index (χ1v) is 6.57. The van der Waals surface area contributed by atoms with Crippen molar-refractivity contribution in [3.05, 3.63) is 53.6 Å². The minimum Gasteiger partial charge on any atom is -0.497 e. The molecule has 0 radical (unpaired) electrons. The molecule has 0 N–H and O–H groups in total. The van der Waals surface area contributed by atoms with E-state index in [0.717, 1.165) is 11.1 Å². The van der Waals surface area contributed by atoms with Gasteiger partial charge in [0.1, 0.15) is 23.9 Å². The van der Waals surface area contributed by atoms with Crippen LogP contribution in [0.15, 0.2) is 47.5 Å². The molecule has 0 bridgehead atoms. The first-order chi connectivity index (χ1) is 10.2. The molecule has 0 aliphatic carbocycles. The van der Waals surface area contributed by atoms with E-state index < -0.39 is 11.7 Å². The van der Waals surface area contributed by atoms with Gasteiger partial charge in [0, 0.05) is 11.1 Å². The van der Waals surface area contributed by atoms with Gasteiger partial charge in [0.05, 0.1) is 7.11 Å². The first-order valence-electron chi connectivity index (χ1n) is 6.57. The van der Waals surface area contributed by atoms with Crippen LogP contribution in [0.2, 0.25) is 0 Å². The fourth-order valence-electron chi connectivity index (χ4n) is 2.86. The molecule has 4 nitrogen and oxygen atoms in total. The van der Waals surface area contributed by atoms with E-state index in [2.05, 4.69) is 4.99 Å². The highest BCUT2D eigenvalue weighted by Crippen LogP contribution is 2.51. The minimum absolute atomic E-state index is 0.110. The fourth-order valence-corrected chi connectivity index (χ4v) is 2.86. The molecule has 0 fully saturated rings. The molecule has 0 saturated heterocycles. The number of nitrogens with zero attached hydrogens (tertiary/aromatic N) is 1. The molecule has 2 aliphatic rings. The van der Waals surface area contributed by atoms with Crippen LogP contribution in [0.3, 0.4) is 0 Å². The Balaban J connectivity index is 2.01. The summed E-state index contributed by atoms with van der Waals surface area (Å²) >= 11 is 0. The van der Waals surface area contributed by atoms with Crippen molar-refractivity contribution in [3.8, 4) is 17.2 Å². The number of para-hydroxylation sites is 1. The highest BCUT2D eigenvalue weighted by atomic mass is 19.1. The number of ether oxygens (including phenoxy) is 3. The second-order valence-electron chi connectivity index (χ2n) is 4.97. The molecule has 2 aromatic rings. The van der Waals surface area contributed by atoms with Crippen molar-refractivity contribution in [1.29, 1.82) is 0 Å². The van der Waals surface area contributed by atoms with Crippen molar-refractivity contribution in [2.45, 2.75) is 5.54 Å². The van der Waals surface area contributed by atoms with Crippen LogP contribution in [0.5, 0.6) is 17.2 Å². The molecule has 21 heavy (non-hydrogen) atoms. The van der Waals surface area contributed by atoms with Gasteiger partial charge in [0.2, 0.25) is 0 Å². The van der Waals surface area contributed by atoms with Crippen LogP contribution in [0, 0.1) is 0 Å². The van der Waals surface area contributed by atoms with E-state index in [1.165, 1.54) is 0 Å². The van der Waals surface area contributed by atoms with E-state index in [0.29, 0.717) is 17.2 Å². The quantitative estimate of drug-likeness (QED) is 0.806. The summed E-state index contributed by atoms with van der Waals surface area (Å²) in [6, 6.07) is 12.9. The summed E-state index contributed by atoms with van der Waals surface area (Å²) in [5.74, 6) is 1.97. The van der Waals surface area contributed by atoms with Crippen LogP contribution in [0.25, 0.3) is 0 Å². The van der Waals surface area contributed by atoms with Crippen molar-refractivity contribution in [2.75, 3.05) is 13.7 Å². The minimum atomic E-state index is -0.914. The molecule has 0 saturated carbocycles. The number of rotatable bonds is 1. The van der Waals surface area contributed by atoms with E-state index in [9.17, 15) is 4.39 Å². The Morgan fingerprint density at radius 2 is 1.95 bits per heavy atom. The third kappa shape index (κ3) is 1.63. The van der Waals surface area contributed by atoms with Gasteiger partial charge in [-0.25, -0.2) is 4.99 Å². The SMILES string of the molecule is COc1ccc2c(c1)C1(COC(F)=N1)c1ccccc1O2. The average Bonchev–Trinajstić information content (AvgIpc) is 2.90. The maximum atomic E-state index is 13.6. The second kappa shape index (κ2) is 4.22. The van der Waals surface area contributed by atoms with Gasteiger partial charge in [-0.15, -0.1) is 4.39 Å². The molecule has 4 rings (SSSR count). The lowest BCUT2D eigenvalue weighted by Crippen LogP contribution is -2.30. The number of halogens is 1. The van der Waals surface area contributed by atoms with Crippen molar-refractivity contribution >= 4 is 6.15 Å². The Morgan fingerprint density at radius 3 is 2.71 bits per heavy atom. The normalized spacial score (nSPS) is 21.9. The predicted molar refractivity (Wildman–Crippen MR) is 74.8 cm³/mol. The highest BCUT2D eigenvalue weighted by Gasteiger charge is 2.47. The van der Waals surface area contributed by atoms with Gasteiger partial charge in [0.25, 0.3) is 0 Å². The standard InChI is InChI=1S/C16H12FNO3/c1-19-10-6-7-14-12(8-10)16(9-20-15(17)18-16)11-4-2-3-5-13(11)21-14/h2-8H,9H2,1H3. The Labute approximate surface area is 120 Å². The van der Waals surface area contributed by atoms with Crippen molar-refractivity contribution in [3.63, 3.8) is 0 Å². The number of benzene rings is 2. The fraction of sp³-hybridized carbons (Fsp3) is 0.188. The number of fused-ring (bicyclic) bond motifs is 4. The van der Waals surface area contributed by atoms with Crippen LogP contribution in [0.1, 0.15) is 11.1 Å². The summed E-state index contributed by atoms with van der Waals surface area (Å²) in [6.45, 7) is 0.110. The van der Waals surface area contributed by atoms with E-state index in [1.807, 2.05) is 30.3 Å². The zero-order chi connectivity index (χ0) is 14.4. The summed E-state index contributed by atoms with van der Waals surface area (Å²) in [7, 11) is 1.58. The molecule has 1 unspecified atom stereocenters. The maximum Gasteiger partial charge on any atom is 0.373 e. The maximum absolute atomic E-state index is 13.6. The molecular formula is C16H12FNO3. The molecule has 2 heterocycles. The molecule has 0 amide bonds. The van der Waals surface area contributed by atoms with Gasteiger partial charge < -0.3 is 14.2 Å². The molecule has 2 aromatic carbocycles. The van der Waals surface area contributed by atoms with Gasteiger partial charge in [0.15, 0.2) is 5.54 Å². The number of hydrogen-bond acceptors (Lipinski definition) is 4. The molecular weight excluding hydrogens is 273 g/mol. The van der Waals surface area contributed by atoms with Crippen molar-refractivity contribution in [1.82, 2.24) is 0 Å². The van der Waals surface area contributed by atoms with Gasteiger partial charge in [-0.1, -0.05) is 18.2 Å². The van der Waals surface area contributed by atoms with Gasteiger partial charge in [-0.05, 0) is 24.3 Å². The smallest absolute Gasteiger partial charge is 0.373 e. The zero-order valence-corrected chi connectivity index (χ0v) is 11.3. The van der Waals surface area contributed by atoms with E-state index >= 15 is 0 Å². The number of methoxy groups -OCH3 is 1. The lowest BCUT2D eigenvalue weighted by atomic mass is 9.81. The zero-order valence-electron chi connectivity index (χ0n) is 11.3. The molecule has 1 atom stereocenters. The molecule has 1 spiro atoms. The molecule has 5 heteroatoms. The number of hydrogen-bond donors (Lipinski definition) is 0. The van der Waals surface area contributed by atoms with E-state index in [4.69, 9.17) is 14.2 Å². The van der Waals surface area contributed by atoms with Crippen LogP contribution in [0.4, 0.5) is 4.39 Å². The molecule has 106 valence electrons. The third-order valence-electron chi connectivity index (χ3n) is 3.86. The molecule has 2 aliphatic heterocycles.